The minimum absolute atomic E-state index is 0.754. The van der Waals surface area contributed by atoms with E-state index in [4.69, 9.17) is 4.43 Å². The molecule has 0 aliphatic rings. The molecule has 0 aromatic heterocycles. The molecule has 0 unspecified atom stereocenters. The van der Waals surface area contributed by atoms with E-state index in [9.17, 15) is 0 Å². The first kappa shape index (κ1) is 7.92. The van der Waals surface area contributed by atoms with Crippen LogP contribution in [0.5, 0.6) is 0 Å². The first-order valence-corrected chi connectivity index (χ1v) is 5.67. The maximum absolute atomic E-state index is 5.34. The highest BCUT2D eigenvalue weighted by Gasteiger charge is 1.92. The van der Waals surface area contributed by atoms with E-state index >= 15 is 0 Å². The van der Waals surface area contributed by atoms with E-state index in [1.54, 1.807) is 0 Å². The number of rotatable bonds is 3. The highest BCUT2D eigenvalue weighted by Crippen LogP contribution is 1.90. The van der Waals surface area contributed by atoms with Gasteiger partial charge in [0.05, 0.1) is 6.61 Å². The molecule has 0 rings (SSSR count). The van der Waals surface area contributed by atoms with Crippen molar-refractivity contribution in [2.75, 3.05) is 6.61 Å². The highest BCUT2D eigenvalue weighted by atomic mass is 28.3. The lowest BCUT2D eigenvalue weighted by Crippen LogP contribution is -2.08. The molecule has 0 N–H and O–H groups in total. The van der Waals surface area contributed by atoms with Gasteiger partial charge in [0, 0.05) is 0 Å². The maximum Gasteiger partial charge on any atom is 0.171 e. The van der Waals surface area contributed by atoms with Gasteiger partial charge in [-0.15, -0.1) is 0 Å². The van der Waals surface area contributed by atoms with E-state index in [1.165, 1.54) is 0 Å². The second-order valence-corrected chi connectivity index (χ2v) is 4.75. The van der Waals surface area contributed by atoms with Crippen LogP contribution in [0, 0.1) is 0 Å². The van der Waals surface area contributed by atoms with Crippen LogP contribution in [0.3, 0.4) is 0 Å². The fourth-order valence-corrected chi connectivity index (χ4v) is 0.927. The van der Waals surface area contributed by atoms with E-state index in [0.29, 0.717) is 0 Å². The second kappa shape index (κ2) is 3.86. The van der Waals surface area contributed by atoms with Gasteiger partial charge in [0.25, 0.3) is 0 Å². The predicted molar refractivity (Wildman–Crippen MR) is 39.6 cm³/mol. The minimum Gasteiger partial charge on any atom is -0.417 e. The van der Waals surface area contributed by atoms with Gasteiger partial charge in [-0.2, -0.15) is 0 Å². The van der Waals surface area contributed by atoms with Gasteiger partial charge in [-0.05, 0) is 20.0 Å². The van der Waals surface area contributed by atoms with Crippen LogP contribution in [0.15, 0.2) is 12.2 Å². The third-order valence-electron chi connectivity index (χ3n) is 0.663. The SMILES string of the molecule is C=C(C)CO[SiH](C)C. The molecule has 0 saturated heterocycles. The Morgan fingerprint density at radius 2 is 2.12 bits per heavy atom. The molecule has 8 heavy (non-hydrogen) atoms. The average Bonchev–Trinajstić information content (AvgIpc) is 1.61. The van der Waals surface area contributed by atoms with Gasteiger partial charge in [0.1, 0.15) is 0 Å². The fourth-order valence-electron chi connectivity index (χ4n) is 0.309. The summed E-state index contributed by atoms with van der Waals surface area (Å²) in [6.45, 7) is 10.8. The fraction of sp³-hybridized carbons (Fsp3) is 0.667. The molecular formula is C6H14OSi. The standard InChI is InChI=1S/C6H14OSi/c1-6(2)5-7-8(3)4/h8H,1,5H2,2-4H3. The Morgan fingerprint density at radius 1 is 1.62 bits per heavy atom. The Morgan fingerprint density at radius 3 is 2.25 bits per heavy atom. The molecule has 0 radical (unpaired) electrons. The van der Waals surface area contributed by atoms with Gasteiger partial charge in [-0.1, -0.05) is 12.2 Å². The molecule has 48 valence electrons. The summed E-state index contributed by atoms with van der Waals surface area (Å²) in [4.78, 5) is 0. The Balaban J connectivity index is 3.05. The summed E-state index contributed by atoms with van der Waals surface area (Å²) in [6.07, 6.45) is 0. The van der Waals surface area contributed by atoms with Gasteiger partial charge in [0.2, 0.25) is 0 Å². The van der Waals surface area contributed by atoms with Gasteiger partial charge in [-0.25, -0.2) is 0 Å². The van der Waals surface area contributed by atoms with Crippen LogP contribution in [-0.2, 0) is 4.43 Å². The molecular weight excluding hydrogens is 116 g/mol. The molecule has 0 aliphatic heterocycles. The molecule has 0 aliphatic carbocycles. The molecule has 2 heteroatoms. The van der Waals surface area contributed by atoms with E-state index < -0.39 is 9.04 Å². The summed E-state index contributed by atoms with van der Waals surface area (Å²) in [5.74, 6) is 0. The summed E-state index contributed by atoms with van der Waals surface area (Å²) in [6, 6.07) is 0. The van der Waals surface area contributed by atoms with Crippen molar-refractivity contribution in [3.8, 4) is 0 Å². The van der Waals surface area contributed by atoms with Crippen molar-refractivity contribution in [3.63, 3.8) is 0 Å². The second-order valence-electron chi connectivity index (χ2n) is 2.32. The van der Waals surface area contributed by atoms with Crippen molar-refractivity contribution >= 4 is 9.04 Å². The van der Waals surface area contributed by atoms with Crippen LogP contribution in [0.2, 0.25) is 13.1 Å². The lowest BCUT2D eigenvalue weighted by atomic mass is 10.4. The van der Waals surface area contributed by atoms with E-state index in [1.807, 2.05) is 6.92 Å². The van der Waals surface area contributed by atoms with Crippen LogP contribution < -0.4 is 0 Å². The van der Waals surface area contributed by atoms with E-state index in [2.05, 4.69) is 19.7 Å². The van der Waals surface area contributed by atoms with E-state index in [0.717, 1.165) is 12.2 Å². The molecule has 0 aromatic carbocycles. The number of hydrogen-bond acceptors (Lipinski definition) is 1. The maximum atomic E-state index is 5.34. The summed E-state index contributed by atoms with van der Waals surface area (Å²) < 4.78 is 5.34. The van der Waals surface area contributed by atoms with Crippen molar-refractivity contribution in [2.24, 2.45) is 0 Å². The Hall–Kier alpha value is -0.0831. The molecule has 0 saturated carbocycles. The van der Waals surface area contributed by atoms with Crippen LogP contribution in [0.25, 0.3) is 0 Å². The first-order valence-electron chi connectivity index (χ1n) is 2.89. The van der Waals surface area contributed by atoms with Crippen LogP contribution in [0.4, 0.5) is 0 Å². The van der Waals surface area contributed by atoms with E-state index in [-0.39, 0.29) is 0 Å². The summed E-state index contributed by atoms with van der Waals surface area (Å²) >= 11 is 0. The number of hydrogen-bond donors (Lipinski definition) is 0. The van der Waals surface area contributed by atoms with Crippen molar-refractivity contribution in [2.45, 2.75) is 20.0 Å². The Bertz CT molecular complexity index is 78.6. The molecule has 0 amide bonds. The molecule has 0 aromatic rings. The van der Waals surface area contributed by atoms with Crippen molar-refractivity contribution < 1.29 is 4.43 Å². The third-order valence-corrected chi connectivity index (χ3v) is 1.50. The predicted octanol–water partition coefficient (Wildman–Crippen LogP) is 1.56. The zero-order valence-corrected chi connectivity index (χ0v) is 7.05. The minimum atomic E-state index is -0.787. The summed E-state index contributed by atoms with van der Waals surface area (Å²) in [5, 5.41) is 0. The first-order chi connectivity index (χ1) is 3.63. The normalized spacial score (nSPS) is 10.0. The van der Waals surface area contributed by atoms with Crippen LogP contribution in [0.1, 0.15) is 6.92 Å². The third kappa shape index (κ3) is 5.92. The monoisotopic (exact) mass is 130 g/mol. The topological polar surface area (TPSA) is 9.23 Å². The quantitative estimate of drug-likeness (QED) is 0.416. The van der Waals surface area contributed by atoms with Crippen LogP contribution in [-0.4, -0.2) is 15.6 Å². The lowest BCUT2D eigenvalue weighted by molar-refractivity contribution is 0.363. The average molecular weight is 130 g/mol. The molecule has 0 heterocycles. The van der Waals surface area contributed by atoms with Gasteiger partial charge < -0.3 is 4.43 Å². The van der Waals surface area contributed by atoms with Gasteiger partial charge >= 0.3 is 0 Å². The summed E-state index contributed by atoms with van der Waals surface area (Å²) in [7, 11) is -0.787. The smallest absolute Gasteiger partial charge is 0.171 e. The van der Waals surface area contributed by atoms with Crippen molar-refractivity contribution in [1.82, 2.24) is 0 Å². The zero-order chi connectivity index (χ0) is 6.57. The Kier molecular flexibility index (Phi) is 3.82. The van der Waals surface area contributed by atoms with Crippen molar-refractivity contribution in [1.29, 1.82) is 0 Å². The largest absolute Gasteiger partial charge is 0.417 e. The lowest BCUT2D eigenvalue weighted by Gasteiger charge is -2.04. The van der Waals surface area contributed by atoms with Gasteiger partial charge in [-0.3, -0.25) is 0 Å². The zero-order valence-electron chi connectivity index (χ0n) is 5.90. The molecule has 0 spiro atoms. The van der Waals surface area contributed by atoms with Crippen molar-refractivity contribution in [3.05, 3.63) is 12.2 Å². The van der Waals surface area contributed by atoms with Gasteiger partial charge in [0.15, 0.2) is 9.04 Å². The highest BCUT2D eigenvalue weighted by molar-refractivity contribution is 6.48. The molecule has 0 bridgehead atoms. The van der Waals surface area contributed by atoms with Crippen LogP contribution >= 0.6 is 0 Å². The summed E-state index contributed by atoms with van der Waals surface area (Å²) in [5.41, 5.74) is 1.12. The molecule has 1 nitrogen and oxygen atoms in total. The molecule has 0 fully saturated rings. The Labute approximate surface area is 53.1 Å². The molecule has 0 atom stereocenters.